The molecule has 0 bridgehead atoms. The van der Waals surface area contributed by atoms with Crippen LogP contribution in [-0.2, 0) is 16.1 Å². The monoisotopic (exact) mass is 588 g/mol. The van der Waals surface area contributed by atoms with Crippen LogP contribution in [0.1, 0.15) is 12.5 Å². The average Bonchev–Trinajstić information content (AvgIpc) is 2.96. The van der Waals surface area contributed by atoms with Gasteiger partial charge in [-0.1, -0.05) is 42.2 Å². The summed E-state index contributed by atoms with van der Waals surface area (Å²) < 4.78 is 5.56. The molecule has 0 radical (unpaired) electrons. The van der Waals surface area contributed by atoms with Crippen molar-refractivity contribution in [2.24, 2.45) is 0 Å². The van der Waals surface area contributed by atoms with E-state index in [2.05, 4.69) is 10.2 Å². The van der Waals surface area contributed by atoms with Crippen molar-refractivity contribution in [2.45, 2.75) is 25.7 Å². The van der Waals surface area contributed by atoms with Crippen molar-refractivity contribution >= 4 is 40.7 Å². The number of piperazine rings is 1. The molecule has 11 heteroatoms. The first kappa shape index (κ1) is 27.3. The van der Waals surface area contributed by atoms with Crippen LogP contribution in [0.5, 0.6) is 5.75 Å². The third-order valence-corrected chi connectivity index (χ3v) is 6.30. The van der Waals surface area contributed by atoms with E-state index in [0.29, 0.717) is 31.9 Å². The molecule has 1 fully saturated rings. The molecule has 0 spiro atoms. The first-order valence-corrected chi connectivity index (χ1v) is 10.4. The number of benzene rings is 1. The van der Waals surface area contributed by atoms with Gasteiger partial charge in [-0.05, 0) is 17.7 Å². The molecule has 2 heterocycles. The van der Waals surface area contributed by atoms with Crippen LogP contribution < -0.4 is 78.5 Å². The number of carbonyl (C=O) groups excluding carboxylic acids is 2. The number of likely N-dealkylation sites (N-methyl/N-ethyl adjacent to an activating group) is 1. The van der Waals surface area contributed by atoms with Crippen LogP contribution in [0.2, 0.25) is 0 Å². The van der Waals surface area contributed by atoms with Crippen molar-refractivity contribution in [3.63, 3.8) is 0 Å². The number of amides is 2. The minimum atomic E-state index is -1.25. The molecule has 1 saturated heterocycles. The predicted octanol–water partition coefficient (Wildman–Crippen LogP) is -0.910. The summed E-state index contributed by atoms with van der Waals surface area (Å²) in [6, 6.07) is 5.28. The third-order valence-electron chi connectivity index (χ3n) is 5.45. The number of halogens is 2. The summed E-state index contributed by atoms with van der Waals surface area (Å²) in [4.78, 5) is 29.7. The van der Waals surface area contributed by atoms with Crippen molar-refractivity contribution in [2.75, 3.05) is 45.2 Å². The summed E-state index contributed by atoms with van der Waals surface area (Å²) in [5.41, 5.74) is 1.68. The van der Waals surface area contributed by atoms with Crippen LogP contribution in [0.25, 0.3) is 5.32 Å². The molecule has 2 aliphatic rings. The van der Waals surface area contributed by atoms with Gasteiger partial charge in [-0.2, -0.15) is 7.05 Å². The Labute approximate surface area is 251 Å². The number of hydrogen-bond acceptors (Lipinski definition) is 5. The fourth-order valence-corrected chi connectivity index (χ4v) is 3.97. The molecule has 31 heavy (non-hydrogen) atoms. The second-order valence-corrected chi connectivity index (χ2v) is 8.01. The van der Waals surface area contributed by atoms with Crippen LogP contribution in [0.3, 0.4) is 0 Å². The quantitative estimate of drug-likeness (QED) is 0.465. The Kier molecular flexibility index (Phi) is 10.5. The van der Waals surface area contributed by atoms with Crippen LogP contribution in [0, 0.1) is 0 Å². The van der Waals surface area contributed by atoms with Crippen LogP contribution in [0.15, 0.2) is 28.3 Å². The van der Waals surface area contributed by atoms with Gasteiger partial charge in [-0.25, -0.2) is 0 Å². The number of ether oxygens (including phenoxy) is 1. The number of carbonyl (C=O) groups is 2. The minimum Gasteiger partial charge on any atom is -0.655 e. The van der Waals surface area contributed by atoms with Crippen molar-refractivity contribution in [1.82, 2.24) is 9.80 Å². The van der Waals surface area contributed by atoms with E-state index in [-0.39, 0.29) is 97.5 Å². The van der Waals surface area contributed by atoms with Gasteiger partial charge in [-0.3, -0.25) is 9.59 Å². The summed E-state index contributed by atoms with van der Waals surface area (Å²) in [5, 5.41) is 13.9. The van der Waals surface area contributed by atoms with E-state index in [4.69, 9.17) is 27.9 Å². The van der Waals surface area contributed by atoms with Crippen molar-refractivity contribution in [1.29, 1.82) is 0 Å². The van der Waals surface area contributed by atoms with Gasteiger partial charge >= 0.3 is 68.9 Å². The molecule has 8 nitrogen and oxygen atoms in total. The zero-order chi connectivity index (χ0) is 22.0. The molecule has 164 valence electrons. The maximum absolute atomic E-state index is 12.3. The van der Waals surface area contributed by atoms with Gasteiger partial charge < -0.3 is 29.9 Å². The van der Waals surface area contributed by atoms with E-state index in [1.165, 1.54) is 4.90 Å². The Hall–Kier alpha value is 0.0519. The number of methoxy groups -OCH3 is 1. The first-order valence-electron chi connectivity index (χ1n) is 9.62. The van der Waals surface area contributed by atoms with Gasteiger partial charge in [0, 0.05) is 32.7 Å². The molecular formula is C20H25Cl2CsN4O4. The molecule has 2 atom stereocenters. The van der Waals surface area contributed by atoms with Crippen LogP contribution >= 0.6 is 23.2 Å². The largest absolute Gasteiger partial charge is 1.00 e. The summed E-state index contributed by atoms with van der Waals surface area (Å²) in [6.07, 6.45) is -1.25. The topological polar surface area (TPSA) is 87.4 Å². The number of rotatable bonds is 6. The molecule has 1 unspecified atom stereocenters. The minimum absolute atomic E-state index is 0. The fourth-order valence-electron chi connectivity index (χ4n) is 3.57. The van der Waals surface area contributed by atoms with Crippen molar-refractivity contribution < 1.29 is 88.3 Å². The predicted molar refractivity (Wildman–Crippen MR) is 116 cm³/mol. The van der Waals surface area contributed by atoms with Crippen molar-refractivity contribution in [3.8, 4) is 5.75 Å². The number of nitrogens with zero attached hydrogens (tertiary/aromatic N) is 4. The average molecular weight is 589 g/mol. The van der Waals surface area contributed by atoms with E-state index in [1.807, 2.05) is 23.1 Å². The number of aliphatic hydroxyl groups excluding tert-OH is 1. The van der Waals surface area contributed by atoms with Crippen LogP contribution in [0.4, 0.5) is 5.69 Å². The van der Waals surface area contributed by atoms with Crippen LogP contribution in [-0.4, -0.2) is 79.3 Å². The molecule has 1 aromatic rings. The molecule has 1 N–H and O–H groups in total. The Morgan fingerprint density at radius 3 is 2.45 bits per heavy atom. The van der Waals surface area contributed by atoms with E-state index in [0.717, 1.165) is 11.3 Å². The summed E-state index contributed by atoms with van der Waals surface area (Å²) in [5.74, 6) is 0.181. The molecule has 0 aliphatic carbocycles. The molecule has 0 saturated carbocycles. The fraction of sp³-hybridized carbons (Fsp3) is 0.500. The van der Waals surface area contributed by atoms with E-state index in [1.54, 1.807) is 21.1 Å². The standard InChI is InChI=1S/C20H25Cl2N4O4.Cs/c1-12(23-2)18(27)25-8-6-24(7-9-25)14-5-4-13(10-15(14)30-3)11-26-19(28)16(21)17(22)20(26)29;/h4-5,10,12,19,28H,6-9,11H2,1-3H3;/q-1;+1/t12-,19?;/m0./s1. The number of aliphatic hydroxyl groups is 1. The maximum Gasteiger partial charge on any atom is 1.00 e. The van der Waals surface area contributed by atoms with E-state index < -0.39 is 12.1 Å². The molecule has 2 aliphatic heterocycles. The normalized spacial score (nSPS) is 20.1. The van der Waals surface area contributed by atoms with E-state index in [9.17, 15) is 14.7 Å². The van der Waals surface area contributed by atoms with Gasteiger partial charge in [0.2, 0.25) is 5.91 Å². The van der Waals surface area contributed by atoms with Gasteiger partial charge in [-0.15, -0.1) is 0 Å². The first-order chi connectivity index (χ1) is 14.3. The third kappa shape index (κ3) is 5.95. The zero-order valence-electron chi connectivity index (χ0n) is 18.1. The second-order valence-electron chi connectivity index (χ2n) is 7.22. The summed E-state index contributed by atoms with van der Waals surface area (Å²) in [6.45, 7) is 4.52. The Morgan fingerprint density at radius 1 is 1.29 bits per heavy atom. The summed E-state index contributed by atoms with van der Waals surface area (Å²) in [7, 11) is 3.23. The Bertz CT molecular complexity index is 862. The van der Waals surface area contributed by atoms with Gasteiger partial charge in [0.05, 0.1) is 17.8 Å². The molecule has 3 rings (SSSR count). The molecule has 0 aromatic heterocycles. The number of hydrogen-bond donors (Lipinski definition) is 1. The van der Waals surface area contributed by atoms with Gasteiger partial charge in [0.25, 0.3) is 5.91 Å². The summed E-state index contributed by atoms with van der Waals surface area (Å²) >= 11 is 11.7. The second kappa shape index (κ2) is 12.0. The smallest absolute Gasteiger partial charge is 0.655 e. The molecule has 2 amide bonds. The molecular weight excluding hydrogens is 564 g/mol. The Morgan fingerprint density at radius 2 is 1.94 bits per heavy atom. The SMILES string of the molecule is C[N-][C@@H](C)C(=O)N1CCN(c2ccc(CN3C(=O)C(Cl)=C(Cl)C3O)cc2OC)CC1.[Cs+]. The van der Waals surface area contributed by atoms with Gasteiger partial charge in [0.1, 0.15) is 10.8 Å². The van der Waals surface area contributed by atoms with Gasteiger partial charge in [0.15, 0.2) is 6.23 Å². The van der Waals surface area contributed by atoms with Crippen molar-refractivity contribution in [3.05, 3.63) is 39.1 Å². The zero-order valence-corrected chi connectivity index (χ0v) is 25.9. The Balaban J connectivity index is 0.00000341. The number of anilines is 1. The maximum atomic E-state index is 12.3. The molecule has 1 aromatic carbocycles. The van der Waals surface area contributed by atoms with E-state index >= 15 is 0 Å².